The molecule has 13 rings (SSSR count). The lowest BCUT2D eigenvalue weighted by atomic mass is 9.97. The molecular weight excluding hydrogens is 761 g/mol. The van der Waals surface area contributed by atoms with Gasteiger partial charge in [-0.1, -0.05) is 158 Å². The van der Waals surface area contributed by atoms with Gasteiger partial charge in [0.05, 0.1) is 11.2 Å². The average Bonchev–Trinajstić information content (AvgIpc) is 3.76. The molecule has 0 bridgehead atoms. The number of rotatable bonds is 4. The van der Waals surface area contributed by atoms with Gasteiger partial charge in [0.15, 0.2) is 11.6 Å². The predicted molar refractivity (Wildman–Crippen MR) is 258 cm³/mol. The molecule has 0 atom stereocenters. The molecule has 0 fully saturated rings. The van der Waals surface area contributed by atoms with Crippen molar-refractivity contribution in [3.63, 3.8) is 0 Å². The molecule has 0 unspecified atom stereocenters. The van der Waals surface area contributed by atoms with Crippen molar-refractivity contribution in [2.75, 3.05) is 0 Å². The van der Waals surface area contributed by atoms with Gasteiger partial charge in [-0.25, -0.2) is 4.98 Å². The lowest BCUT2D eigenvalue weighted by Gasteiger charge is -2.16. The standard InChI is InChI=1S/C56H34N4S/c1-3-14-37-29-42(23-21-34(37)11-1)54-57-55(43-24-22-35-12-2-4-15-38(35)30-43)59-56(58-54)60-49-32-40-17-6-5-16-39(40)31-48(49)46-20-10-9-19-45(53(46)60)41-25-27-47-51(33-41)61-50-28-26-36-13-7-8-18-44(36)52(47)50/h1-8,10-33H,9H2. The molecule has 0 amide bonds. The number of thiophene rings is 1. The maximum absolute atomic E-state index is 5.44. The summed E-state index contributed by atoms with van der Waals surface area (Å²) in [6.45, 7) is 0. The molecule has 284 valence electrons. The summed E-state index contributed by atoms with van der Waals surface area (Å²) in [5.41, 5.74) is 7.49. The topological polar surface area (TPSA) is 43.6 Å². The van der Waals surface area contributed by atoms with E-state index in [-0.39, 0.29) is 0 Å². The fraction of sp³-hybridized carbons (Fsp3) is 0.0179. The van der Waals surface area contributed by atoms with E-state index in [0.29, 0.717) is 17.6 Å². The molecular formula is C56H34N4S. The van der Waals surface area contributed by atoms with Crippen LogP contribution < -0.4 is 0 Å². The number of allylic oxidation sites excluding steroid dienone is 2. The van der Waals surface area contributed by atoms with E-state index in [1.54, 1.807) is 0 Å². The van der Waals surface area contributed by atoms with Gasteiger partial charge in [-0.15, -0.1) is 11.3 Å². The number of benzene rings is 9. The van der Waals surface area contributed by atoms with E-state index in [0.717, 1.165) is 61.4 Å². The van der Waals surface area contributed by atoms with Gasteiger partial charge in [-0.2, -0.15) is 9.97 Å². The summed E-state index contributed by atoms with van der Waals surface area (Å²) in [4.78, 5) is 16.1. The third-order valence-corrected chi connectivity index (χ3v) is 13.5. The maximum Gasteiger partial charge on any atom is 0.238 e. The quantitative estimate of drug-likeness (QED) is 0.178. The zero-order chi connectivity index (χ0) is 40.0. The minimum absolute atomic E-state index is 0.582. The highest BCUT2D eigenvalue weighted by Gasteiger charge is 2.26. The van der Waals surface area contributed by atoms with Crippen molar-refractivity contribution in [1.82, 2.24) is 19.5 Å². The van der Waals surface area contributed by atoms with Gasteiger partial charge in [0.25, 0.3) is 0 Å². The van der Waals surface area contributed by atoms with Crippen LogP contribution in [0.25, 0.3) is 115 Å². The SMILES string of the molecule is C1=Cc2c(n(-c3nc(-c4ccc5ccccc5c4)nc(-c4ccc5ccccc5c4)n3)c3cc4ccccc4cc23)C(c2ccc3c(c2)sc2ccc4ccccc4c23)=CC1. The minimum atomic E-state index is 0.582. The van der Waals surface area contributed by atoms with Gasteiger partial charge >= 0.3 is 0 Å². The number of hydrogen-bond donors (Lipinski definition) is 0. The van der Waals surface area contributed by atoms with Crippen LogP contribution in [0.4, 0.5) is 0 Å². The zero-order valence-electron chi connectivity index (χ0n) is 32.9. The normalized spacial score (nSPS) is 12.9. The maximum atomic E-state index is 5.44. The summed E-state index contributed by atoms with van der Waals surface area (Å²) in [6, 6.07) is 63.4. The van der Waals surface area contributed by atoms with E-state index in [4.69, 9.17) is 15.0 Å². The summed E-state index contributed by atoms with van der Waals surface area (Å²) >= 11 is 1.87. The van der Waals surface area contributed by atoms with Gasteiger partial charge in [-0.3, -0.25) is 4.57 Å². The Hall–Kier alpha value is -7.73. The van der Waals surface area contributed by atoms with Crippen LogP contribution in [0.5, 0.6) is 0 Å². The van der Waals surface area contributed by atoms with Gasteiger partial charge < -0.3 is 0 Å². The fourth-order valence-corrected chi connectivity index (χ4v) is 10.6. The third kappa shape index (κ3) is 5.48. The molecule has 5 heteroatoms. The smallest absolute Gasteiger partial charge is 0.238 e. The van der Waals surface area contributed by atoms with Crippen molar-refractivity contribution in [1.29, 1.82) is 0 Å². The Morgan fingerprint density at radius 2 is 1.03 bits per heavy atom. The third-order valence-electron chi connectivity index (χ3n) is 12.4. The van der Waals surface area contributed by atoms with E-state index in [9.17, 15) is 0 Å². The minimum Gasteiger partial charge on any atom is -0.277 e. The first-order chi connectivity index (χ1) is 30.2. The monoisotopic (exact) mass is 794 g/mol. The molecule has 0 aliphatic heterocycles. The molecule has 61 heavy (non-hydrogen) atoms. The first-order valence-corrected chi connectivity index (χ1v) is 21.6. The molecule has 0 saturated heterocycles. The molecule has 3 heterocycles. The number of nitrogens with zero attached hydrogens (tertiary/aromatic N) is 4. The second kappa shape index (κ2) is 13.4. The van der Waals surface area contributed by atoms with Gasteiger partial charge in [0.1, 0.15) is 0 Å². The number of hydrogen-bond acceptors (Lipinski definition) is 4. The predicted octanol–water partition coefficient (Wildman–Crippen LogP) is 15.0. The largest absolute Gasteiger partial charge is 0.277 e. The summed E-state index contributed by atoms with van der Waals surface area (Å²) < 4.78 is 4.88. The highest BCUT2D eigenvalue weighted by molar-refractivity contribution is 7.26. The molecule has 0 N–H and O–H groups in total. The Morgan fingerprint density at radius 1 is 0.443 bits per heavy atom. The van der Waals surface area contributed by atoms with Crippen molar-refractivity contribution >= 4 is 97.2 Å². The Balaban J connectivity index is 1.09. The highest BCUT2D eigenvalue weighted by Crippen LogP contribution is 2.44. The Labute approximate surface area is 355 Å². The van der Waals surface area contributed by atoms with E-state index in [1.165, 1.54) is 52.7 Å². The van der Waals surface area contributed by atoms with Crippen molar-refractivity contribution < 1.29 is 0 Å². The fourth-order valence-electron chi connectivity index (χ4n) is 9.46. The first-order valence-electron chi connectivity index (χ1n) is 20.7. The highest BCUT2D eigenvalue weighted by atomic mass is 32.1. The summed E-state index contributed by atoms with van der Waals surface area (Å²) in [6.07, 6.45) is 7.75. The van der Waals surface area contributed by atoms with Crippen LogP contribution >= 0.6 is 11.3 Å². The lowest BCUT2D eigenvalue weighted by molar-refractivity contribution is 0.923. The van der Waals surface area contributed by atoms with Gasteiger partial charge in [-0.05, 0) is 91.5 Å². The van der Waals surface area contributed by atoms with Crippen molar-refractivity contribution in [2.24, 2.45) is 0 Å². The number of fused-ring (bicyclic) bond motifs is 11. The molecule has 4 nitrogen and oxygen atoms in total. The summed E-state index contributed by atoms with van der Waals surface area (Å²) in [7, 11) is 0. The Kier molecular flexibility index (Phi) is 7.50. The number of aromatic nitrogens is 4. The van der Waals surface area contributed by atoms with Crippen LogP contribution in [0.15, 0.2) is 188 Å². The van der Waals surface area contributed by atoms with Crippen LogP contribution in [-0.2, 0) is 0 Å². The van der Waals surface area contributed by atoms with E-state index in [1.807, 2.05) is 11.3 Å². The van der Waals surface area contributed by atoms with E-state index in [2.05, 4.69) is 199 Å². The molecule has 0 spiro atoms. The van der Waals surface area contributed by atoms with Crippen LogP contribution in [0.1, 0.15) is 23.2 Å². The summed E-state index contributed by atoms with van der Waals surface area (Å²) in [5, 5.41) is 13.3. The zero-order valence-corrected chi connectivity index (χ0v) is 33.7. The first kappa shape index (κ1) is 34.2. The second-order valence-electron chi connectivity index (χ2n) is 15.9. The summed E-state index contributed by atoms with van der Waals surface area (Å²) in [5.74, 6) is 1.84. The van der Waals surface area contributed by atoms with Crippen molar-refractivity contribution in [3.05, 3.63) is 205 Å². The molecule has 1 aliphatic rings. The van der Waals surface area contributed by atoms with Crippen molar-refractivity contribution in [2.45, 2.75) is 6.42 Å². The van der Waals surface area contributed by atoms with Gasteiger partial charge in [0, 0.05) is 47.8 Å². The molecule has 12 aromatic rings. The van der Waals surface area contributed by atoms with Crippen LogP contribution in [0, 0.1) is 0 Å². The molecule has 3 aromatic heterocycles. The molecule has 0 saturated carbocycles. The molecule has 9 aromatic carbocycles. The van der Waals surface area contributed by atoms with E-state index >= 15 is 0 Å². The van der Waals surface area contributed by atoms with Gasteiger partial charge in [0.2, 0.25) is 5.95 Å². The van der Waals surface area contributed by atoms with Crippen molar-refractivity contribution in [3.8, 4) is 28.7 Å². The second-order valence-corrected chi connectivity index (χ2v) is 17.0. The van der Waals surface area contributed by atoms with Crippen LogP contribution in [0.2, 0.25) is 0 Å². The van der Waals surface area contributed by atoms with Crippen LogP contribution in [-0.4, -0.2) is 19.5 Å². The molecule has 0 radical (unpaired) electrons. The Morgan fingerprint density at radius 3 is 1.74 bits per heavy atom. The lowest BCUT2D eigenvalue weighted by Crippen LogP contribution is -2.09. The van der Waals surface area contributed by atoms with Crippen LogP contribution in [0.3, 0.4) is 0 Å². The Bertz CT molecular complexity index is 3770. The van der Waals surface area contributed by atoms with E-state index < -0.39 is 0 Å². The average molecular weight is 795 g/mol. The molecule has 1 aliphatic carbocycles.